The fourth-order valence-corrected chi connectivity index (χ4v) is 1.90. The van der Waals surface area contributed by atoms with Gasteiger partial charge in [-0.2, -0.15) is 0 Å². The molecule has 6 heteroatoms. The summed E-state index contributed by atoms with van der Waals surface area (Å²) < 4.78 is 4.86. The number of aryl methyl sites for hydroxylation is 1. The summed E-state index contributed by atoms with van der Waals surface area (Å²) in [6.45, 7) is 2.92. The standard InChI is InChI=1S/C10H17N3O2S/c1-7-12-5-8(16-7)6-13-10(14)9(11)3-4-15-2/h5,9H,3-4,6,11H2,1-2H3,(H,13,14). The molecule has 0 saturated heterocycles. The Hall–Kier alpha value is -0.980. The molecule has 1 heterocycles. The monoisotopic (exact) mass is 243 g/mol. The van der Waals surface area contributed by atoms with Crippen molar-refractivity contribution in [3.8, 4) is 0 Å². The Kier molecular flexibility index (Phi) is 5.37. The molecule has 90 valence electrons. The zero-order chi connectivity index (χ0) is 12.0. The molecular formula is C10H17N3O2S. The summed E-state index contributed by atoms with van der Waals surface area (Å²) in [6.07, 6.45) is 2.30. The quantitative estimate of drug-likeness (QED) is 0.759. The van der Waals surface area contributed by atoms with Crippen molar-refractivity contribution in [2.24, 2.45) is 5.73 Å². The number of aromatic nitrogens is 1. The Balaban J connectivity index is 2.29. The normalized spacial score (nSPS) is 12.4. The Bertz CT molecular complexity index is 341. The molecule has 1 unspecified atom stereocenters. The smallest absolute Gasteiger partial charge is 0.237 e. The van der Waals surface area contributed by atoms with Crippen molar-refractivity contribution in [1.29, 1.82) is 0 Å². The van der Waals surface area contributed by atoms with E-state index < -0.39 is 6.04 Å². The number of rotatable bonds is 6. The van der Waals surface area contributed by atoms with Gasteiger partial charge in [0.2, 0.25) is 5.91 Å². The van der Waals surface area contributed by atoms with E-state index in [2.05, 4.69) is 10.3 Å². The minimum atomic E-state index is -0.506. The first kappa shape index (κ1) is 13.1. The second kappa shape index (κ2) is 6.57. The van der Waals surface area contributed by atoms with Gasteiger partial charge in [0.05, 0.1) is 17.6 Å². The van der Waals surface area contributed by atoms with Gasteiger partial charge >= 0.3 is 0 Å². The first-order valence-corrected chi connectivity index (χ1v) is 5.88. The predicted molar refractivity (Wildman–Crippen MR) is 63.2 cm³/mol. The van der Waals surface area contributed by atoms with E-state index in [1.165, 1.54) is 0 Å². The van der Waals surface area contributed by atoms with Gasteiger partial charge in [-0.15, -0.1) is 11.3 Å². The number of carbonyl (C=O) groups excluding carboxylic acids is 1. The van der Waals surface area contributed by atoms with E-state index in [9.17, 15) is 4.79 Å². The number of thiazole rings is 1. The van der Waals surface area contributed by atoms with Crippen LogP contribution < -0.4 is 11.1 Å². The van der Waals surface area contributed by atoms with E-state index in [0.29, 0.717) is 19.6 Å². The third-order valence-electron chi connectivity index (χ3n) is 2.08. The van der Waals surface area contributed by atoms with E-state index in [4.69, 9.17) is 10.5 Å². The summed E-state index contributed by atoms with van der Waals surface area (Å²) >= 11 is 1.57. The van der Waals surface area contributed by atoms with Crippen molar-refractivity contribution >= 4 is 17.2 Å². The highest BCUT2D eigenvalue weighted by atomic mass is 32.1. The van der Waals surface area contributed by atoms with Crippen LogP contribution in [-0.4, -0.2) is 30.6 Å². The average molecular weight is 243 g/mol. The van der Waals surface area contributed by atoms with Gasteiger partial charge in [-0.3, -0.25) is 4.79 Å². The van der Waals surface area contributed by atoms with Crippen molar-refractivity contribution in [3.63, 3.8) is 0 Å². The molecule has 0 spiro atoms. The highest BCUT2D eigenvalue weighted by Gasteiger charge is 2.12. The molecule has 0 radical (unpaired) electrons. The summed E-state index contributed by atoms with van der Waals surface area (Å²) in [7, 11) is 1.59. The molecule has 0 fully saturated rings. The third-order valence-corrected chi connectivity index (χ3v) is 2.99. The number of methoxy groups -OCH3 is 1. The summed E-state index contributed by atoms with van der Waals surface area (Å²) in [5.74, 6) is -0.150. The minimum Gasteiger partial charge on any atom is -0.385 e. The van der Waals surface area contributed by atoms with E-state index in [1.807, 2.05) is 6.92 Å². The number of hydrogen-bond acceptors (Lipinski definition) is 5. The van der Waals surface area contributed by atoms with Crippen molar-refractivity contribution in [2.75, 3.05) is 13.7 Å². The summed E-state index contributed by atoms with van der Waals surface area (Å²) in [4.78, 5) is 16.7. The predicted octanol–water partition coefficient (Wildman–Crippen LogP) is 0.432. The summed E-state index contributed by atoms with van der Waals surface area (Å²) in [6, 6.07) is -0.506. The van der Waals surface area contributed by atoms with Crippen LogP contribution in [0.25, 0.3) is 0 Å². The van der Waals surface area contributed by atoms with Gasteiger partial charge in [-0.05, 0) is 13.3 Å². The second-order valence-electron chi connectivity index (χ2n) is 3.45. The topological polar surface area (TPSA) is 77.2 Å². The number of carbonyl (C=O) groups is 1. The molecule has 5 nitrogen and oxygen atoms in total. The van der Waals surface area contributed by atoms with Crippen LogP contribution in [0.5, 0.6) is 0 Å². The maximum Gasteiger partial charge on any atom is 0.237 e. The zero-order valence-corrected chi connectivity index (χ0v) is 10.3. The molecular weight excluding hydrogens is 226 g/mol. The van der Waals surface area contributed by atoms with E-state index >= 15 is 0 Å². The molecule has 0 aliphatic heterocycles. The van der Waals surface area contributed by atoms with Crippen molar-refractivity contribution in [3.05, 3.63) is 16.1 Å². The number of nitrogens with two attached hydrogens (primary N) is 1. The van der Waals surface area contributed by atoms with Crippen LogP contribution in [-0.2, 0) is 16.1 Å². The van der Waals surface area contributed by atoms with Crippen LogP contribution in [0.4, 0.5) is 0 Å². The fraction of sp³-hybridized carbons (Fsp3) is 0.600. The molecule has 3 N–H and O–H groups in total. The lowest BCUT2D eigenvalue weighted by Crippen LogP contribution is -2.40. The molecule has 1 atom stereocenters. The molecule has 16 heavy (non-hydrogen) atoms. The summed E-state index contributed by atoms with van der Waals surface area (Å²) in [5, 5.41) is 3.77. The Morgan fingerprint density at radius 3 is 3.06 bits per heavy atom. The number of amides is 1. The molecule has 0 saturated carbocycles. The van der Waals surface area contributed by atoms with E-state index in [1.54, 1.807) is 24.6 Å². The van der Waals surface area contributed by atoms with Gasteiger partial charge in [0.1, 0.15) is 0 Å². The first-order valence-electron chi connectivity index (χ1n) is 5.07. The van der Waals surface area contributed by atoms with Crippen LogP contribution in [0.15, 0.2) is 6.20 Å². The molecule has 0 aliphatic carbocycles. The molecule has 0 aromatic carbocycles. The van der Waals surface area contributed by atoms with Gasteiger partial charge in [0.15, 0.2) is 0 Å². The SMILES string of the molecule is COCCC(N)C(=O)NCc1cnc(C)s1. The summed E-state index contributed by atoms with van der Waals surface area (Å²) in [5.41, 5.74) is 5.67. The van der Waals surface area contributed by atoms with Crippen LogP contribution >= 0.6 is 11.3 Å². The Labute approximate surface area is 99.0 Å². The lowest BCUT2D eigenvalue weighted by Gasteiger charge is -2.10. The minimum absolute atomic E-state index is 0.150. The lowest BCUT2D eigenvalue weighted by atomic mass is 10.2. The van der Waals surface area contributed by atoms with Crippen LogP contribution in [0, 0.1) is 6.92 Å². The zero-order valence-electron chi connectivity index (χ0n) is 9.53. The number of nitrogens with zero attached hydrogens (tertiary/aromatic N) is 1. The second-order valence-corrected chi connectivity index (χ2v) is 4.77. The molecule has 1 rings (SSSR count). The first-order chi connectivity index (χ1) is 7.63. The fourth-order valence-electron chi connectivity index (χ4n) is 1.17. The van der Waals surface area contributed by atoms with Crippen LogP contribution in [0.1, 0.15) is 16.3 Å². The van der Waals surface area contributed by atoms with Gasteiger partial charge < -0.3 is 15.8 Å². The Morgan fingerprint density at radius 2 is 2.50 bits per heavy atom. The highest BCUT2D eigenvalue weighted by molar-refractivity contribution is 7.11. The number of hydrogen-bond donors (Lipinski definition) is 2. The molecule has 1 aromatic heterocycles. The van der Waals surface area contributed by atoms with E-state index in [0.717, 1.165) is 9.88 Å². The maximum absolute atomic E-state index is 11.5. The average Bonchev–Trinajstić information content (AvgIpc) is 2.68. The van der Waals surface area contributed by atoms with Gasteiger partial charge in [0, 0.05) is 24.8 Å². The lowest BCUT2D eigenvalue weighted by molar-refractivity contribution is -0.122. The molecule has 1 amide bonds. The molecule has 1 aromatic rings. The van der Waals surface area contributed by atoms with Crippen LogP contribution in [0.3, 0.4) is 0 Å². The number of nitrogens with one attached hydrogen (secondary N) is 1. The third kappa shape index (κ3) is 4.26. The van der Waals surface area contributed by atoms with Crippen LogP contribution in [0.2, 0.25) is 0 Å². The highest BCUT2D eigenvalue weighted by Crippen LogP contribution is 2.10. The number of ether oxygens (including phenoxy) is 1. The van der Waals surface area contributed by atoms with Gasteiger partial charge in [-0.1, -0.05) is 0 Å². The largest absolute Gasteiger partial charge is 0.385 e. The van der Waals surface area contributed by atoms with E-state index in [-0.39, 0.29) is 5.91 Å². The van der Waals surface area contributed by atoms with Gasteiger partial charge in [0.25, 0.3) is 0 Å². The molecule has 0 aliphatic rings. The van der Waals surface area contributed by atoms with Gasteiger partial charge in [-0.25, -0.2) is 4.98 Å². The molecule has 0 bridgehead atoms. The van der Waals surface area contributed by atoms with Crippen molar-refractivity contribution < 1.29 is 9.53 Å². The Morgan fingerprint density at radius 1 is 1.75 bits per heavy atom. The van der Waals surface area contributed by atoms with Crippen molar-refractivity contribution in [2.45, 2.75) is 25.9 Å². The van der Waals surface area contributed by atoms with Crippen molar-refractivity contribution in [1.82, 2.24) is 10.3 Å². The maximum atomic E-state index is 11.5.